The van der Waals surface area contributed by atoms with Crippen molar-refractivity contribution in [1.82, 2.24) is 10.3 Å². The zero-order valence-corrected chi connectivity index (χ0v) is 10.9. The Hall–Kier alpha value is -1.55. The fraction of sp³-hybridized carbons (Fsp3) is 0.500. The van der Waals surface area contributed by atoms with Gasteiger partial charge in [0.2, 0.25) is 0 Å². The molecule has 3 rings (SSSR count). The van der Waals surface area contributed by atoms with Gasteiger partial charge in [-0.3, -0.25) is 0 Å². The minimum absolute atomic E-state index is 0.456. The van der Waals surface area contributed by atoms with Gasteiger partial charge in [0.1, 0.15) is 5.52 Å². The van der Waals surface area contributed by atoms with Crippen LogP contribution in [-0.4, -0.2) is 31.2 Å². The molecule has 1 aliphatic heterocycles. The molecular weight excluding hydrogens is 226 g/mol. The molecule has 1 fully saturated rings. The summed E-state index contributed by atoms with van der Waals surface area (Å²) in [5.41, 5.74) is 3.15. The molecule has 2 aromatic rings. The first kappa shape index (κ1) is 11.5. The standard InChI is InChI=1S/C14H19N3O/c1-10(2)11-4-3-5-12-13(11)18-14(16-12)17-8-6-15-7-9-17/h3-5,10,15H,6-9H2,1-2H3. The van der Waals surface area contributed by atoms with Gasteiger partial charge in [-0.2, -0.15) is 4.98 Å². The predicted molar refractivity (Wildman–Crippen MR) is 73.2 cm³/mol. The van der Waals surface area contributed by atoms with Crippen LogP contribution in [0.1, 0.15) is 25.3 Å². The Morgan fingerprint density at radius 1 is 1.28 bits per heavy atom. The smallest absolute Gasteiger partial charge is 0.298 e. The fourth-order valence-corrected chi connectivity index (χ4v) is 2.40. The van der Waals surface area contributed by atoms with Crippen molar-refractivity contribution in [2.75, 3.05) is 31.1 Å². The molecule has 96 valence electrons. The molecule has 0 aliphatic carbocycles. The lowest BCUT2D eigenvalue weighted by Gasteiger charge is -2.25. The first-order valence-electron chi connectivity index (χ1n) is 6.61. The van der Waals surface area contributed by atoms with Gasteiger partial charge in [-0.15, -0.1) is 0 Å². The molecule has 0 saturated carbocycles. The van der Waals surface area contributed by atoms with Crippen molar-refractivity contribution in [2.45, 2.75) is 19.8 Å². The lowest BCUT2D eigenvalue weighted by atomic mass is 10.0. The summed E-state index contributed by atoms with van der Waals surface area (Å²) >= 11 is 0. The van der Waals surface area contributed by atoms with Crippen LogP contribution in [0.25, 0.3) is 11.1 Å². The van der Waals surface area contributed by atoms with Crippen LogP contribution in [0.4, 0.5) is 6.01 Å². The zero-order valence-electron chi connectivity index (χ0n) is 10.9. The highest BCUT2D eigenvalue weighted by molar-refractivity contribution is 5.78. The number of aromatic nitrogens is 1. The van der Waals surface area contributed by atoms with Crippen molar-refractivity contribution in [3.63, 3.8) is 0 Å². The van der Waals surface area contributed by atoms with E-state index >= 15 is 0 Å². The summed E-state index contributed by atoms with van der Waals surface area (Å²) in [6, 6.07) is 6.97. The van der Waals surface area contributed by atoms with E-state index in [-0.39, 0.29) is 0 Å². The second-order valence-corrected chi connectivity index (χ2v) is 5.08. The summed E-state index contributed by atoms with van der Waals surface area (Å²) in [7, 11) is 0. The number of nitrogens with one attached hydrogen (secondary N) is 1. The van der Waals surface area contributed by atoms with E-state index in [0.29, 0.717) is 5.92 Å². The lowest BCUT2D eigenvalue weighted by molar-refractivity contribution is 0.515. The molecule has 4 heteroatoms. The number of oxazole rings is 1. The highest BCUT2D eigenvalue weighted by atomic mass is 16.4. The number of anilines is 1. The number of hydrogen-bond donors (Lipinski definition) is 1. The lowest BCUT2D eigenvalue weighted by Crippen LogP contribution is -2.43. The quantitative estimate of drug-likeness (QED) is 0.882. The summed E-state index contributed by atoms with van der Waals surface area (Å²) in [6.07, 6.45) is 0. The van der Waals surface area contributed by atoms with E-state index in [1.54, 1.807) is 0 Å². The number of rotatable bonds is 2. The van der Waals surface area contributed by atoms with Crippen LogP contribution in [-0.2, 0) is 0 Å². The molecule has 0 radical (unpaired) electrons. The van der Waals surface area contributed by atoms with Gasteiger partial charge in [0.25, 0.3) is 6.01 Å². The van der Waals surface area contributed by atoms with Crippen molar-refractivity contribution < 1.29 is 4.42 Å². The Balaban J connectivity index is 2.02. The van der Waals surface area contributed by atoms with Crippen molar-refractivity contribution in [3.05, 3.63) is 23.8 Å². The summed E-state index contributed by atoms with van der Waals surface area (Å²) in [6.45, 7) is 8.28. The van der Waals surface area contributed by atoms with Gasteiger partial charge >= 0.3 is 0 Å². The summed E-state index contributed by atoms with van der Waals surface area (Å²) in [5, 5.41) is 3.34. The molecular formula is C14H19N3O. The molecule has 1 N–H and O–H groups in total. The maximum Gasteiger partial charge on any atom is 0.298 e. The molecule has 1 aromatic carbocycles. The second kappa shape index (κ2) is 4.61. The number of para-hydroxylation sites is 1. The Morgan fingerprint density at radius 3 is 2.78 bits per heavy atom. The van der Waals surface area contributed by atoms with E-state index in [9.17, 15) is 0 Å². The fourth-order valence-electron chi connectivity index (χ4n) is 2.40. The van der Waals surface area contributed by atoms with Crippen LogP contribution in [0, 0.1) is 0 Å². The third-order valence-corrected chi connectivity index (χ3v) is 3.44. The topological polar surface area (TPSA) is 41.3 Å². The zero-order chi connectivity index (χ0) is 12.5. The van der Waals surface area contributed by atoms with Crippen LogP contribution in [0.3, 0.4) is 0 Å². The molecule has 0 unspecified atom stereocenters. The monoisotopic (exact) mass is 245 g/mol. The molecule has 18 heavy (non-hydrogen) atoms. The van der Waals surface area contributed by atoms with E-state index in [2.05, 4.69) is 41.2 Å². The summed E-state index contributed by atoms with van der Waals surface area (Å²) in [5.74, 6) is 0.456. The van der Waals surface area contributed by atoms with Gasteiger partial charge in [0.05, 0.1) is 0 Å². The van der Waals surface area contributed by atoms with E-state index in [1.165, 1.54) is 5.56 Å². The normalized spacial score (nSPS) is 16.7. The SMILES string of the molecule is CC(C)c1cccc2nc(N3CCNCC3)oc12. The van der Waals surface area contributed by atoms with Crippen LogP contribution in [0.15, 0.2) is 22.6 Å². The maximum absolute atomic E-state index is 5.99. The maximum atomic E-state index is 5.99. The highest BCUT2D eigenvalue weighted by Gasteiger charge is 2.18. The second-order valence-electron chi connectivity index (χ2n) is 5.08. The molecule has 0 bridgehead atoms. The van der Waals surface area contributed by atoms with Gasteiger partial charge in [0.15, 0.2) is 5.58 Å². The third kappa shape index (κ3) is 1.97. The van der Waals surface area contributed by atoms with E-state index in [1.807, 2.05) is 6.07 Å². The minimum atomic E-state index is 0.456. The minimum Gasteiger partial charge on any atom is -0.423 e. The van der Waals surface area contributed by atoms with Crippen LogP contribution >= 0.6 is 0 Å². The van der Waals surface area contributed by atoms with Gasteiger partial charge < -0.3 is 14.6 Å². The van der Waals surface area contributed by atoms with Crippen molar-refractivity contribution >= 4 is 17.1 Å². The van der Waals surface area contributed by atoms with E-state index < -0.39 is 0 Å². The van der Waals surface area contributed by atoms with Crippen molar-refractivity contribution in [1.29, 1.82) is 0 Å². The van der Waals surface area contributed by atoms with Crippen LogP contribution < -0.4 is 10.2 Å². The molecule has 1 aromatic heterocycles. The number of benzene rings is 1. The Labute approximate surface area is 107 Å². The molecule has 0 amide bonds. The molecule has 1 saturated heterocycles. The highest BCUT2D eigenvalue weighted by Crippen LogP contribution is 2.29. The molecule has 2 heterocycles. The number of nitrogens with zero attached hydrogens (tertiary/aromatic N) is 2. The summed E-state index contributed by atoms with van der Waals surface area (Å²) in [4.78, 5) is 6.82. The third-order valence-electron chi connectivity index (χ3n) is 3.44. The van der Waals surface area contributed by atoms with Gasteiger partial charge in [-0.25, -0.2) is 0 Å². The molecule has 0 atom stereocenters. The van der Waals surface area contributed by atoms with Crippen LogP contribution in [0.5, 0.6) is 0 Å². The predicted octanol–water partition coefficient (Wildman–Crippen LogP) is 2.36. The number of piperazine rings is 1. The van der Waals surface area contributed by atoms with Gasteiger partial charge in [-0.1, -0.05) is 26.0 Å². The first-order chi connectivity index (χ1) is 8.75. The first-order valence-corrected chi connectivity index (χ1v) is 6.61. The Morgan fingerprint density at radius 2 is 2.06 bits per heavy atom. The number of fused-ring (bicyclic) bond motifs is 1. The molecule has 1 aliphatic rings. The summed E-state index contributed by atoms with van der Waals surface area (Å²) < 4.78 is 5.99. The van der Waals surface area contributed by atoms with Crippen molar-refractivity contribution in [3.8, 4) is 0 Å². The number of hydrogen-bond acceptors (Lipinski definition) is 4. The van der Waals surface area contributed by atoms with E-state index in [4.69, 9.17) is 4.42 Å². The van der Waals surface area contributed by atoms with E-state index in [0.717, 1.165) is 43.3 Å². The van der Waals surface area contributed by atoms with Gasteiger partial charge in [0, 0.05) is 26.2 Å². The largest absolute Gasteiger partial charge is 0.423 e. The van der Waals surface area contributed by atoms with Crippen LogP contribution in [0.2, 0.25) is 0 Å². The Bertz CT molecular complexity index is 541. The molecule has 0 spiro atoms. The van der Waals surface area contributed by atoms with Crippen molar-refractivity contribution in [2.24, 2.45) is 0 Å². The Kier molecular flexibility index (Phi) is 2.96. The average molecular weight is 245 g/mol. The van der Waals surface area contributed by atoms with Gasteiger partial charge in [-0.05, 0) is 17.5 Å². The average Bonchev–Trinajstić information content (AvgIpc) is 2.83. The molecule has 4 nitrogen and oxygen atoms in total.